The van der Waals surface area contributed by atoms with Gasteiger partial charge in [-0.2, -0.15) is 0 Å². The Morgan fingerprint density at radius 2 is 2.25 bits per heavy atom. The fraction of sp³-hybridized carbons (Fsp3) is 1.00. The molecule has 0 saturated carbocycles. The van der Waals surface area contributed by atoms with Gasteiger partial charge in [-0.05, 0) is 0 Å². The quantitative estimate of drug-likeness (QED) is 0.332. The Kier molecular flexibility index (Phi) is 6.09. The largest absolute Gasteiger partial charge is 0.324 e. The van der Waals surface area contributed by atoms with Gasteiger partial charge in [-0.1, -0.05) is 0 Å². The molecule has 26 valence electrons. The Labute approximate surface area is 50.8 Å². The van der Waals surface area contributed by atoms with E-state index in [-0.39, 0.29) is 0 Å². The van der Waals surface area contributed by atoms with Crippen molar-refractivity contribution < 1.29 is 43.8 Å². The number of alkyl halides is 3. The topological polar surface area (TPSA) is 0 Å². The summed E-state index contributed by atoms with van der Waals surface area (Å²) < 4.78 is 1.44. The van der Waals surface area contributed by atoms with Gasteiger partial charge < -0.3 is 0 Å². The SMILES string of the molecule is C[I+]C[IH+]. The Morgan fingerprint density at radius 1 is 2.00 bits per heavy atom. The highest BCUT2D eigenvalue weighted by Crippen LogP contribution is 0.539. The first-order chi connectivity index (χ1) is 1.91. The fourth-order valence-electron chi connectivity index (χ4n) is 0. The standard InChI is InChI=1S/C2H6I2/c1-4-2-3/h3H,2H2,1H3/q+2. The van der Waals surface area contributed by atoms with Crippen LogP contribution in [-0.2, 0) is 0 Å². The normalized spacial score (nSPS) is 7.50. The maximum absolute atomic E-state index is 2.29. The van der Waals surface area contributed by atoms with Gasteiger partial charge in [-0.3, -0.25) is 0 Å². The summed E-state index contributed by atoms with van der Waals surface area (Å²) in [5.41, 5.74) is 0. The molecule has 0 bridgehead atoms. The zero-order chi connectivity index (χ0) is 3.41. The summed E-state index contributed by atoms with van der Waals surface area (Å²) in [5.74, 6) is 0. The Bertz CT molecular complexity index is 6.00. The van der Waals surface area contributed by atoms with Gasteiger partial charge in [0.1, 0.15) is 4.93 Å². The number of halogens is 2. The minimum atomic E-state index is 0.615. The summed E-state index contributed by atoms with van der Waals surface area (Å²) in [5, 5.41) is 0. The molecule has 0 aromatic heterocycles. The molecule has 0 nitrogen and oxygen atoms in total. The lowest BCUT2D eigenvalue weighted by Crippen LogP contribution is -3.74. The van der Waals surface area contributed by atoms with Crippen molar-refractivity contribution in [2.45, 2.75) is 0 Å². The first-order valence-corrected chi connectivity index (χ1v) is 6.26. The summed E-state index contributed by atoms with van der Waals surface area (Å²) >= 11 is 2.79. The predicted molar refractivity (Wildman–Crippen MR) is 12.2 cm³/mol. The number of hydrogen-bond donors (Lipinski definition) is 0. The maximum Gasteiger partial charge on any atom is 0.324 e. The third-order valence-corrected chi connectivity index (χ3v) is 4.91. The van der Waals surface area contributed by atoms with Crippen molar-refractivity contribution in [1.82, 2.24) is 0 Å². The van der Waals surface area contributed by atoms with Crippen LogP contribution in [0, 0.1) is 0 Å². The molecule has 0 rings (SSSR count). The van der Waals surface area contributed by atoms with Crippen LogP contribution < -0.4 is 43.8 Å². The molecular weight excluding hydrogens is 278 g/mol. The maximum atomic E-state index is 2.29. The predicted octanol–water partition coefficient (Wildman–Crippen LogP) is -6.05. The molecule has 0 atom stereocenters. The van der Waals surface area contributed by atoms with E-state index < -0.39 is 0 Å². The van der Waals surface area contributed by atoms with Crippen LogP contribution in [-0.4, -0.2) is 7.36 Å². The van der Waals surface area contributed by atoms with Crippen molar-refractivity contribution in [3.63, 3.8) is 0 Å². The van der Waals surface area contributed by atoms with E-state index in [0.717, 1.165) is 0 Å². The van der Waals surface area contributed by atoms with E-state index in [0.29, 0.717) is 21.2 Å². The lowest BCUT2D eigenvalue weighted by atomic mass is 12.0. The highest BCUT2D eigenvalue weighted by atomic mass is 127. The molecule has 0 amide bonds. The van der Waals surface area contributed by atoms with E-state index >= 15 is 0 Å². The minimum Gasteiger partial charge on any atom is 0.138 e. The van der Waals surface area contributed by atoms with Gasteiger partial charge in [0, 0.05) is 0 Å². The molecule has 0 aromatic carbocycles. The minimum absolute atomic E-state index is 0.615. The zero-order valence-electron chi connectivity index (χ0n) is 2.49. The van der Waals surface area contributed by atoms with E-state index in [9.17, 15) is 0 Å². The third-order valence-electron chi connectivity index (χ3n) is 0.109. The third kappa shape index (κ3) is 3.46. The summed E-state index contributed by atoms with van der Waals surface area (Å²) in [6.07, 6.45) is 0. The van der Waals surface area contributed by atoms with Gasteiger partial charge >= 0.3 is 46.2 Å². The molecule has 0 aliphatic carbocycles. The van der Waals surface area contributed by atoms with Crippen molar-refractivity contribution >= 4 is 0 Å². The summed E-state index contributed by atoms with van der Waals surface area (Å²) in [6.45, 7) is 0. The second kappa shape index (κ2) is 4.46. The van der Waals surface area contributed by atoms with Crippen LogP contribution >= 0.6 is 0 Å². The van der Waals surface area contributed by atoms with Crippen LogP contribution in [0.4, 0.5) is 0 Å². The Hall–Kier alpha value is 1.46. The van der Waals surface area contributed by atoms with Crippen molar-refractivity contribution in [3.05, 3.63) is 0 Å². The average Bonchev–Trinajstić information content (AvgIpc) is 1.37. The Morgan fingerprint density at radius 3 is 2.25 bits per heavy atom. The molecule has 4 heavy (non-hydrogen) atoms. The highest BCUT2D eigenvalue weighted by molar-refractivity contribution is 3.50. The molecule has 0 heterocycles. The molecule has 0 aliphatic heterocycles. The monoisotopic (exact) mass is 284 g/mol. The highest BCUT2D eigenvalue weighted by Gasteiger charge is 1.92. The second-order valence-electron chi connectivity index (χ2n) is 0.376. The van der Waals surface area contributed by atoms with Crippen molar-refractivity contribution in [3.8, 4) is 0 Å². The lowest BCUT2D eigenvalue weighted by Gasteiger charge is -1.33. The summed E-state index contributed by atoms with van der Waals surface area (Å²) in [7, 11) is 0. The number of hydrogen-bond acceptors (Lipinski definition) is 0. The molecule has 0 aliphatic rings. The molecule has 2 heteroatoms. The molecule has 0 N–H and O–H groups in total. The second-order valence-corrected chi connectivity index (χ2v) is 6.70. The first-order valence-electron chi connectivity index (χ1n) is 0.934. The lowest BCUT2D eigenvalue weighted by molar-refractivity contribution is -0.747. The molecule has 0 unspecified atom stereocenters. The molecule has 0 fully saturated rings. The molecule has 0 spiro atoms. The summed E-state index contributed by atoms with van der Waals surface area (Å²) in [6, 6.07) is 0. The summed E-state index contributed by atoms with van der Waals surface area (Å²) in [4.78, 5) is 2.29. The van der Waals surface area contributed by atoms with E-state index in [4.69, 9.17) is 0 Å². The smallest absolute Gasteiger partial charge is 0.138 e. The average molecular weight is 284 g/mol. The fourth-order valence-corrected chi connectivity index (χ4v) is 0. The van der Waals surface area contributed by atoms with E-state index in [1.165, 1.54) is 2.43 Å². The van der Waals surface area contributed by atoms with Crippen molar-refractivity contribution in [1.29, 1.82) is 0 Å². The van der Waals surface area contributed by atoms with Gasteiger partial charge in [-0.15, -0.1) is 0 Å². The van der Waals surface area contributed by atoms with Crippen LogP contribution in [0.1, 0.15) is 0 Å². The van der Waals surface area contributed by atoms with Gasteiger partial charge in [0.2, 0.25) is 0 Å². The van der Waals surface area contributed by atoms with Crippen LogP contribution in [0.15, 0.2) is 0 Å². The van der Waals surface area contributed by atoms with Gasteiger partial charge in [0.15, 0.2) is 0 Å². The molecular formula is C2H6I2+2. The van der Waals surface area contributed by atoms with Crippen molar-refractivity contribution in [2.24, 2.45) is 0 Å². The zero-order valence-corrected chi connectivity index (χ0v) is 6.98. The van der Waals surface area contributed by atoms with Gasteiger partial charge in [0.05, 0.1) is 0 Å². The van der Waals surface area contributed by atoms with Crippen LogP contribution in [0.2, 0.25) is 0 Å². The number of rotatable bonds is 1. The van der Waals surface area contributed by atoms with Crippen LogP contribution in [0.3, 0.4) is 0 Å². The van der Waals surface area contributed by atoms with E-state index in [2.05, 4.69) is 27.5 Å². The molecule has 0 saturated heterocycles. The molecule has 0 radical (unpaired) electrons. The van der Waals surface area contributed by atoms with Crippen LogP contribution in [0.5, 0.6) is 0 Å². The molecule has 0 aromatic rings. The Balaban J connectivity index is 1.97. The van der Waals surface area contributed by atoms with E-state index in [1.54, 1.807) is 0 Å². The first kappa shape index (κ1) is 5.46. The van der Waals surface area contributed by atoms with Crippen molar-refractivity contribution in [2.75, 3.05) is 7.36 Å². The van der Waals surface area contributed by atoms with Crippen LogP contribution in [0.25, 0.3) is 0 Å². The van der Waals surface area contributed by atoms with Gasteiger partial charge in [0.25, 0.3) is 0 Å². The van der Waals surface area contributed by atoms with Gasteiger partial charge in [-0.25, -0.2) is 0 Å². The van der Waals surface area contributed by atoms with E-state index in [1.807, 2.05) is 0 Å².